The van der Waals surface area contributed by atoms with Gasteiger partial charge in [-0.1, -0.05) is 0 Å². The molecule has 0 saturated carbocycles. The molecule has 1 unspecified atom stereocenters. The minimum absolute atomic E-state index is 0.485. The number of hydrogen-bond acceptors (Lipinski definition) is 3. The molecule has 0 spiro atoms. The summed E-state index contributed by atoms with van der Waals surface area (Å²) < 4.78 is 0. The highest BCUT2D eigenvalue weighted by Gasteiger charge is 2.23. The molecular formula is C6H7N3. The maximum absolute atomic E-state index is 3.93. The molecular weight excluding hydrogens is 114 g/mol. The molecule has 1 saturated heterocycles. The van der Waals surface area contributed by atoms with Gasteiger partial charge in [-0.3, -0.25) is 0 Å². The van der Waals surface area contributed by atoms with Crippen LogP contribution in [0.25, 0.3) is 0 Å². The van der Waals surface area contributed by atoms with Crippen LogP contribution in [0.1, 0.15) is 11.7 Å². The summed E-state index contributed by atoms with van der Waals surface area (Å²) in [5, 5.41) is 10.8. The molecule has 1 aromatic heterocycles. The van der Waals surface area contributed by atoms with Crippen LogP contribution in [-0.4, -0.2) is 16.7 Å². The highest BCUT2D eigenvalue weighted by atomic mass is 15.2. The van der Waals surface area contributed by atoms with Crippen molar-refractivity contribution in [1.82, 2.24) is 15.5 Å². The summed E-state index contributed by atoms with van der Waals surface area (Å²) in [6.45, 7) is 1.05. The van der Waals surface area contributed by atoms with Crippen LogP contribution in [0.2, 0.25) is 0 Å². The van der Waals surface area contributed by atoms with E-state index in [-0.39, 0.29) is 0 Å². The van der Waals surface area contributed by atoms with E-state index in [2.05, 4.69) is 15.5 Å². The fraction of sp³-hybridized carbons (Fsp3) is 0.333. The van der Waals surface area contributed by atoms with Crippen molar-refractivity contribution in [1.29, 1.82) is 0 Å². The van der Waals surface area contributed by atoms with Crippen LogP contribution in [0.5, 0.6) is 0 Å². The van der Waals surface area contributed by atoms with Crippen LogP contribution < -0.4 is 5.32 Å². The Morgan fingerprint density at radius 1 is 1.67 bits per heavy atom. The second-order valence-electron chi connectivity index (χ2n) is 2.11. The van der Waals surface area contributed by atoms with Gasteiger partial charge in [0.2, 0.25) is 0 Å². The van der Waals surface area contributed by atoms with Crippen LogP contribution in [0.3, 0.4) is 0 Å². The van der Waals surface area contributed by atoms with E-state index in [1.807, 2.05) is 12.1 Å². The molecule has 1 N–H and O–H groups in total. The number of aromatic nitrogens is 2. The topological polar surface area (TPSA) is 47.7 Å². The molecule has 46 valence electrons. The van der Waals surface area contributed by atoms with Crippen molar-refractivity contribution in [2.45, 2.75) is 6.04 Å². The average molecular weight is 121 g/mol. The third-order valence-corrected chi connectivity index (χ3v) is 1.36. The molecule has 3 heteroatoms. The van der Waals surface area contributed by atoms with E-state index in [1.54, 1.807) is 6.20 Å². The predicted octanol–water partition coefficient (Wildman–Crippen LogP) is 0.121. The molecule has 1 aromatic rings. The first-order valence-electron chi connectivity index (χ1n) is 2.98. The first-order valence-corrected chi connectivity index (χ1v) is 2.98. The maximum atomic E-state index is 3.93. The van der Waals surface area contributed by atoms with Gasteiger partial charge in [0.25, 0.3) is 0 Å². The number of hydrogen-bond donors (Lipinski definition) is 1. The fourth-order valence-electron chi connectivity index (χ4n) is 0.767. The van der Waals surface area contributed by atoms with E-state index in [0.717, 1.165) is 12.2 Å². The molecule has 0 aromatic carbocycles. The van der Waals surface area contributed by atoms with E-state index in [1.165, 1.54) is 0 Å². The SMILES string of the molecule is c1cnnc(C2CN2)c1. The van der Waals surface area contributed by atoms with Crippen molar-refractivity contribution < 1.29 is 0 Å². The Balaban J connectivity index is 2.29. The van der Waals surface area contributed by atoms with Gasteiger partial charge >= 0.3 is 0 Å². The third kappa shape index (κ3) is 0.907. The van der Waals surface area contributed by atoms with E-state index in [9.17, 15) is 0 Å². The van der Waals surface area contributed by atoms with Crippen LogP contribution >= 0.6 is 0 Å². The summed E-state index contributed by atoms with van der Waals surface area (Å²) in [7, 11) is 0. The number of nitrogens with one attached hydrogen (secondary N) is 1. The lowest BCUT2D eigenvalue weighted by atomic mass is 10.3. The van der Waals surface area contributed by atoms with Gasteiger partial charge < -0.3 is 5.32 Å². The van der Waals surface area contributed by atoms with Crippen molar-refractivity contribution >= 4 is 0 Å². The monoisotopic (exact) mass is 121 g/mol. The van der Waals surface area contributed by atoms with Crippen molar-refractivity contribution in [3.05, 3.63) is 24.0 Å². The second-order valence-corrected chi connectivity index (χ2v) is 2.11. The van der Waals surface area contributed by atoms with E-state index in [0.29, 0.717) is 6.04 Å². The van der Waals surface area contributed by atoms with Crippen molar-refractivity contribution in [3.63, 3.8) is 0 Å². The lowest BCUT2D eigenvalue weighted by Gasteiger charge is -1.88. The molecule has 0 aliphatic carbocycles. The van der Waals surface area contributed by atoms with Gasteiger partial charge in [0.15, 0.2) is 0 Å². The minimum atomic E-state index is 0.485. The zero-order valence-electron chi connectivity index (χ0n) is 4.91. The van der Waals surface area contributed by atoms with Gasteiger partial charge in [-0.2, -0.15) is 10.2 Å². The smallest absolute Gasteiger partial charge is 0.0813 e. The largest absolute Gasteiger partial charge is 0.306 e. The third-order valence-electron chi connectivity index (χ3n) is 1.36. The molecule has 0 amide bonds. The molecule has 0 bridgehead atoms. The standard InChI is InChI=1S/C6H7N3/c1-2-5(6-4-7-6)9-8-3-1/h1-3,6-7H,4H2. The normalized spacial score (nSPS) is 23.8. The quantitative estimate of drug-likeness (QED) is 0.537. The van der Waals surface area contributed by atoms with E-state index in [4.69, 9.17) is 0 Å². The Kier molecular flexibility index (Phi) is 0.960. The van der Waals surface area contributed by atoms with Crippen molar-refractivity contribution in [3.8, 4) is 0 Å². The summed E-state index contributed by atoms with van der Waals surface area (Å²) in [6, 6.07) is 4.37. The van der Waals surface area contributed by atoms with E-state index >= 15 is 0 Å². The summed E-state index contributed by atoms with van der Waals surface area (Å²) >= 11 is 0. The van der Waals surface area contributed by atoms with Gasteiger partial charge in [-0.05, 0) is 12.1 Å². The molecule has 2 rings (SSSR count). The Morgan fingerprint density at radius 3 is 3.11 bits per heavy atom. The first-order chi connectivity index (χ1) is 4.47. The summed E-state index contributed by atoms with van der Waals surface area (Å²) in [5.74, 6) is 0. The molecule has 1 aliphatic heterocycles. The minimum Gasteiger partial charge on any atom is -0.306 e. The molecule has 1 aliphatic rings. The highest BCUT2D eigenvalue weighted by molar-refractivity contribution is 5.11. The van der Waals surface area contributed by atoms with Gasteiger partial charge in [-0.15, -0.1) is 0 Å². The molecule has 1 fully saturated rings. The van der Waals surface area contributed by atoms with Gasteiger partial charge in [0.1, 0.15) is 0 Å². The average Bonchev–Trinajstić information content (AvgIpc) is 2.71. The first kappa shape index (κ1) is 4.88. The van der Waals surface area contributed by atoms with Gasteiger partial charge in [-0.25, -0.2) is 0 Å². The zero-order chi connectivity index (χ0) is 6.10. The van der Waals surface area contributed by atoms with Gasteiger partial charge in [0, 0.05) is 12.7 Å². The van der Waals surface area contributed by atoms with Crippen LogP contribution in [0.15, 0.2) is 18.3 Å². The molecule has 9 heavy (non-hydrogen) atoms. The van der Waals surface area contributed by atoms with Crippen LogP contribution in [0, 0.1) is 0 Å². The van der Waals surface area contributed by atoms with Crippen LogP contribution in [0.4, 0.5) is 0 Å². The van der Waals surface area contributed by atoms with E-state index < -0.39 is 0 Å². The van der Waals surface area contributed by atoms with Gasteiger partial charge in [0.05, 0.1) is 11.7 Å². The summed E-state index contributed by atoms with van der Waals surface area (Å²) in [5.41, 5.74) is 1.05. The lowest BCUT2D eigenvalue weighted by molar-refractivity contribution is 0.898. The Labute approximate surface area is 53.1 Å². The molecule has 2 heterocycles. The van der Waals surface area contributed by atoms with Crippen LogP contribution in [-0.2, 0) is 0 Å². The Hall–Kier alpha value is -0.960. The summed E-state index contributed by atoms with van der Waals surface area (Å²) in [4.78, 5) is 0. The Bertz CT molecular complexity index is 193. The number of rotatable bonds is 1. The van der Waals surface area contributed by atoms with Crippen molar-refractivity contribution in [2.75, 3.05) is 6.54 Å². The van der Waals surface area contributed by atoms with Crippen molar-refractivity contribution in [2.24, 2.45) is 0 Å². The molecule has 3 nitrogen and oxygen atoms in total. The number of nitrogens with zero attached hydrogens (tertiary/aromatic N) is 2. The lowest BCUT2D eigenvalue weighted by Crippen LogP contribution is -1.89. The highest BCUT2D eigenvalue weighted by Crippen LogP contribution is 2.16. The predicted molar refractivity (Wildman–Crippen MR) is 32.8 cm³/mol. The molecule has 1 atom stereocenters. The second kappa shape index (κ2) is 1.77. The maximum Gasteiger partial charge on any atom is 0.0813 e. The zero-order valence-corrected chi connectivity index (χ0v) is 4.91. The Morgan fingerprint density at radius 2 is 2.56 bits per heavy atom. The summed E-state index contributed by atoms with van der Waals surface area (Å²) in [6.07, 6.45) is 1.69. The fourth-order valence-corrected chi connectivity index (χ4v) is 0.767. The molecule has 0 radical (unpaired) electrons.